The first-order valence-electron chi connectivity index (χ1n) is 6.77. The molecule has 0 aliphatic heterocycles. The second-order valence-corrected chi connectivity index (χ2v) is 8.03. The second-order valence-electron chi connectivity index (χ2n) is 4.38. The van der Waals surface area contributed by atoms with Crippen molar-refractivity contribution in [1.82, 2.24) is 3.97 Å². The maximum absolute atomic E-state index is 13.0. The molecule has 0 saturated heterocycles. The summed E-state index contributed by atoms with van der Waals surface area (Å²) >= 11 is 2.85. The molecule has 0 radical (unpaired) electrons. The van der Waals surface area contributed by atoms with Gasteiger partial charge in [0, 0.05) is 4.88 Å². The molecular formula is C15H18N2O2S3. The number of aryl methyl sites for hydroxylation is 1. The van der Waals surface area contributed by atoms with Crippen LogP contribution in [0.1, 0.15) is 11.8 Å². The van der Waals surface area contributed by atoms with Gasteiger partial charge in [-0.1, -0.05) is 42.5 Å². The van der Waals surface area contributed by atoms with E-state index in [1.54, 1.807) is 36.4 Å². The molecule has 0 saturated carbocycles. The number of aromatic nitrogens is 1. The van der Waals surface area contributed by atoms with Gasteiger partial charge in [0.25, 0.3) is 10.0 Å². The van der Waals surface area contributed by atoms with Crippen molar-refractivity contribution in [3.8, 4) is 0 Å². The highest BCUT2D eigenvalue weighted by Gasteiger charge is 2.24. The molecule has 0 atom stereocenters. The minimum Gasteiger partial charge on any atom is -0.254 e. The van der Waals surface area contributed by atoms with E-state index < -0.39 is 10.0 Å². The summed E-state index contributed by atoms with van der Waals surface area (Å²) in [5.41, 5.74) is 0. The lowest BCUT2D eigenvalue weighted by Gasteiger charge is -2.09. The second kappa shape index (κ2) is 7.30. The van der Waals surface area contributed by atoms with Gasteiger partial charge in [-0.25, -0.2) is 12.4 Å². The van der Waals surface area contributed by atoms with Crippen molar-refractivity contribution in [2.24, 2.45) is 4.99 Å². The summed E-state index contributed by atoms with van der Waals surface area (Å²) in [5.74, 6) is 0. The fourth-order valence-corrected chi connectivity index (χ4v) is 6.16. The lowest BCUT2D eigenvalue weighted by atomic mass is 10.4. The Morgan fingerprint density at radius 3 is 2.59 bits per heavy atom. The lowest BCUT2D eigenvalue weighted by Crippen LogP contribution is -2.25. The zero-order chi connectivity index (χ0) is 16.2. The summed E-state index contributed by atoms with van der Waals surface area (Å²) in [6.07, 6.45) is 4.31. The predicted molar refractivity (Wildman–Crippen MR) is 93.1 cm³/mol. The molecule has 4 nitrogen and oxygen atoms in total. The molecule has 0 aliphatic carbocycles. The summed E-state index contributed by atoms with van der Waals surface area (Å²) in [7, 11) is -3.65. The monoisotopic (exact) mass is 354 g/mol. The molecule has 1 aromatic heterocycles. The Morgan fingerprint density at radius 1 is 1.36 bits per heavy atom. The van der Waals surface area contributed by atoms with Crippen LogP contribution in [0.5, 0.6) is 0 Å². The Bertz CT molecular complexity index is 818. The van der Waals surface area contributed by atoms with Crippen LogP contribution in [-0.2, 0) is 16.4 Å². The maximum Gasteiger partial charge on any atom is 0.270 e. The molecule has 22 heavy (non-hydrogen) atoms. The van der Waals surface area contributed by atoms with Crippen LogP contribution < -0.4 is 4.80 Å². The van der Waals surface area contributed by atoms with Crippen molar-refractivity contribution in [2.75, 3.05) is 12.8 Å². The summed E-state index contributed by atoms with van der Waals surface area (Å²) in [5, 5.41) is 0.735. The molecule has 0 aliphatic rings. The van der Waals surface area contributed by atoms with Crippen LogP contribution in [0.3, 0.4) is 0 Å². The van der Waals surface area contributed by atoms with Crippen molar-refractivity contribution in [3.63, 3.8) is 0 Å². The first-order chi connectivity index (χ1) is 10.6. The summed E-state index contributed by atoms with van der Waals surface area (Å²) in [6, 6.07) is 8.45. The van der Waals surface area contributed by atoms with Gasteiger partial charge in [0.2, 0.25) is 4.80 Å². The molecule has 0 unspecified atom stereocenters. The third kappa shape index (κ3) is 3.21. The van der Waals surface area contributed by atoms with Crippen molar-refractivity contribution in [1.29, 1.82) is 0 Å². The number of nitrogens with zero attached hydrogens (tertiary/aromatic N) is 2. The minimum atomic E-state index is -3.65. The highest BCUT2D eigenvalue weighted by molar-refractivity contribution is 7.99. The Balaban J connectivity index is 2.78. The average molecular weight is 355 g/mol. The zero-order valence-electron chi connectivity index (χ0n) is 12.5. The zero-order valence-corrected chi connectivity index (χ0v) is 15.0. The fraction of sp³-hybridized carbons (Fsp3) is 0.267. The number of rotatable bonds is 6. The Labute approximate surface area is 139 Å². The van der Waals surface area contributed by atoms with E-state index in [2.05, 4.69) is 11.6 Å². The molecule has 0 fully saturated rings. The smallest absolute Gasteiger partial charge is 0.254 e. The Kier molecular flexibility index (Phi) is 5.66. The summed E-state index contributed by atoms with van der Waals surface area (Å²) in [6.45, 7) is 6.05. The molecule has 7 heteroatoms. The SMILES string of the molecule is C=CCN=c1sc(CC)c(SC)n1S(=O)(=O)c1ccccc1. The minimum absolute atomic E-state index is 0.269. The van der Waals surface area contributed by atoms with Gasteiger partial charge in [0.05, 0.1) is 11.4 Å². The Hall–Kier alpha value is -1.31. The van der Waals surface area contributed by atoms with E-state index in [-0.39, 0.29) is 4.90 Å². The first kappa shape index (κ1) is 17.1. The quantitative estimate of drug-likeness (QED) is 0.591. The highest BCUT2D eigenvalue weighted by atomic mass is 32.2. The Morgan fingerprint density at radius 2 is 2.05 bits per heavy atom. The standard InChI is InChI=1S/C15H18N2O2S3/c1-4-11-16-15-17(14(20-3)13(5-2)21-15)22(18,19)12-9-7-6-8-10-12/h4,6-10H,1,5,11H2,2-3H3. The van der Waals surface area contributed by atoms with Crippen LogP contribution in [0, 0.1) is 0 Å². The van der Waals surface area contributed by atoms with Gasteiger partial charge in [0.1, 0.15) is 5.03 Å². The van der Waals surface area contributed by atoms with Gasteiger partial charge >= 0.3 is 0 Å². The van der Waals surface area contributed by atoms with E-state index in [9.17, 15) is 8.42 Å². The van der Waals surface area contributed by atoms with E-state index in [4.69, 9.17) is 0 Å². The average Bonchev–Trinajstić information content (AvgIpc) is 2.92. The number of hydrogen-bond donors (Lipinski definition) is 0. The first-order valence-corrected chi connectivity index (χ1v) is 10.2. The molecule has 1 aromatic carbocycles. The number of benzene rings is 1. The lowest BCUT2D eigenvalue weighted by molar-refractivity contribution is 0.580. The number of hydrogen-bond acceptors (Lipinski definition) is 5. The molecule has 2 aromatic rings. The van der Waals surface area contributed by atoms with Gasteiger partial charge < -0.3 is 0 Å². The maximum atomic E-state index is 13.0. The molecule has 0 spiro atoms. The molecule has 2 rings (SSSR count). The topological polar surface area (TPSA) is 51.4 Å². The molecule has 0 amide bonds. The molecule has 118 valence electrons. The van der Waals surface area contributed by atoms with Crippen molar-refractivity contribution >= 4 is 33.1 Å². The molecule has 0 N–H and O–H groups in total. The van der Waals surface area contributed by atoms with Gasteiger partial charge in [-0.05, 0) is 24.8 Å². The third-order valence-electron chi connectivity index (χ3n) is 2.96. The van der Waals surface area contributed by atoms with E-state index in [0.717, 1.165) is 16.3 Å². The van der Waals surface area contributed by atoms with Crippen LogP contribution in [0.4, 0.5) is 0 Å². The van der Waals surface area contributed by atoms with Crippen LogP contribution >= 0.6 is 23.1 Å². The van der Waals surface area contributed by atoms with Crippen molar-refractivity contribution < 1.29 is 8.42 Å². The highest BCUT2D eigenvalue weighted by Crippen LogP contribution is 2.27. The van der Waals surface area contributed by atoms with E-state index >= 15 is 0 Å². The number of thiazole rings is 1. The third-order valence-corrected chi connectivity index (χ3v) is 7.07. The number of thioether (sulfide) groups is 1. The van der Waals surface area contributed by atoms with Crippen LogP contribution in [0.15, 0.2) is 57.9 Å². The van der Waals surface area contributed by atoms with Crippen LogP contribution in [0.25, 0.3) is 0 Å². The predicted octanol–water partition coefficient (Wildman–Crippen LogP) is 3.16. The normalized spacial score (nSPS) is 12.5. The van der Waals surface area contributed by atoms with Gasteiger partial charge in [-0.2, -0.15) is 0 Å². The van der Waals surface area contributed by atoms with Crippen LogP contribution in [-0.4, -0.2) is 25.2 Å². The van der Waals surface area contributed by atoms with Crippen molar-refractivity contribution in [2.45, 2.75) is 23.3 Å². The fourth-order valence-electron chi connectivity index (χ4n) is 1.96. The van der Waals surface area contributed by atoms with Crippen molar-refractivity contribution in [3.05, 3.63) is 52.7 Å². The van der Waals surface area contributed by atoms with Gasteiger partial charge in [-0.3, -0.25) is 4.99 Å². The van der Waals surface area contributed by atoms with Gasteiger partial charge in [0.15, 0.2) is 0 Å². The largest absolute Gasteiger partial charge is 0.270 e. The summed E-state index contributed by atoms with van der Waals surface area (Å²) in [4.78, 5) is 6.15. The van der Waals surface area contributed by atoms with Crippen LogP contribution in [0.2, 0.25) is 0 Å². The molecular weight excluding hydrogens is 336 g/mol. The molecule has 0 bridgehead atoms. The van der Waals surface area contributed by atoms with E-state index in [0.29, 0.717) is 11.3 Å². The van der Waals surface area contributed by atoms with Gasteiger partial charge in [-0.15, -0.1) is 18.3 Å². The van der Waals surface area contributed by atoms with E-state index in [1.165, 1.54) is 27.1 Å². The summed E-state index contributed by atoms with van der Waals surface area (Å²) < 4.78 is 27.4. The van der Waals surface area contributed by atoms with E-state index in [1.807, 2.05) is 13.2 Å². The molecule has 1 heterocycles.